The molecule has 1 N–H and O–H groups in total. The van der Waals surface area contributed by atoms with Crippen molar-refractivity contribution in [2.24, 2.45) is 5.92 Å². The van der Waals surface area contributed by atoms with Crippen LogP contribution >= 0.6 is 0 Å². The summed E-state index contributed by atoms with van der Waals surface area (Å²) in [5.41, 5.74) is 0.575. The molecule has 1 aliphatic carbocycles. The van der Waals surface area contributed by atoms with Crippen molar-refractivity contribution in [1.29, 1.82) is 0 Å². The number of aromatic carboxylic acids is 1. The van der Waals surface area contributed by atoms with E-state index in [0.717, 1.165) is 6.42 Å². The van der Waals surface area contributed by atoms with Gasteiger partial charge in [-0.05, 0) is 25.2 Å². The maximum absolute atomic E-state index is 11.0. The average molecular weight is 251 g/mol. The van der Waals surface area contributed by atoms with Gasteiger partial charge in [0.2, 0.25) is 5.76 Å². The molecule has 0 aliphatic heterocycles. The van der Waals surface area contributed by atoms with Crippen molar-refractivity contribution in [2.45, 2.75) is 58.3 Å². The van der Waals surface area contributed by atoms with Crippen molar-refractivity contribution in [3.05, 3.63) is 17.3 Å². The summed E-state index contributed by atoms with van der Waals surface area (Å²) in [5, 5.41) is 9.03. The second-order valence-electron chi connectivity index (χ2n) is 5.10. The maximum Gasteiger partial charge on any atom is 0.373 e. The maximum atomic E-state index is 11.0. The highest BCUT2D eigenvalue weighted by molar-refractivity contribution is 5.85. The Morgan fingerprint density at radius 2 is 2.00 bits per heavy atom. The van der Waals surface area contributed by atoms with Gasteiger partial charge in [-0.3, -0.25) is 0 Å². The minimum Gasteiger partial charge on any atom is -0.475 e. The van der Waals surface area contributed by atoms with Gasteiger partial charge in [0.05, 0.1) is 5.69 Å². The first-order valence-corrected chi connectivity index (χ1v) is 6.92. The number of carboxylic acid groups (broad SMARTS) is 1. The van der Waals surface area contributed by atoms with Crippen LogP contribution in [0.2, 0.25) is 0 Å². The average Bonchev–Trinajstić information content (AvgIpc) is 2.58. The summed E-state index contributed by atoms with van der Waals surface area (Å²) in [7, 11) is 0. The highest BCUT2D eigenvalue weighted by Gasteiger charge is 2.21. The fourth-order valence-corrected chi connectivity index (χ4v) is 2.71. The number of oxazole rings is 1. The third-order valence-electron chi connectivity index (χ3n) is 3.71. The lowest BCUT2D eigenvalue weighted by Gasteiger charge is -2.10. The minimum atomic E-state index is -1.01. The number of carboxylic acids is 1. The van der Waals surface area contributed by atoms with Gasteiger partial charge in [0.25, 0.3) is 0 Å². The highest BCUT2D eigenvalue weighted by atomic mass is 16.4. The van der Waals surface area contributed by atoms with Crippen molar-refractivity contribution in [3.8, 4) is 0 Å². The number of aryl methyl sites for hydroxylation is 1. The van der Waals surface area contributed by atoms with Crippen LogP contribution in [0.3, 0.4) is 0 Å². The Kier molecular flexibility index (Phi) is 4.39. The Balaban J connectivity index is 2.06. The van der Waals surface area contributed by atoms with Crippen LogP contribution in [0.5, 0.6) is 0 Å². The third-order valence-corrected chi connectivity index (χ3v) is 3.71. The number of hydrogen-bond acceptors (Lipinski definition) is 3. The van der Waals surface area contributed by atoms with E-state index in [4.69, 9.17) is 9.52 Å². The van der Waals surface area contributed by atoms with E-state index in [2.05, 4.69) is 4.98 Å². The van der Waals surface area contributed by atoms with E-state index < -0.39 is 5.97 Å². The molecule has 0 bridgehead atoms. The zero-order valence-corrected chi connectivity index (χ0v) is 10.9. The van der Waals surface area contributed by atoms with Gasteiger partial charge < -0.3 is 9.52 Å². The van der Waals surface area contributed by atoms with Gasteiger partial charge in [-0.2, -0.15) is 0 Å². The minimum absolute atomic E-state index is 0.0288. The van der Waals surface area contributed by atoms with Crippen LogP contribution < -0.4 is 0 Å². The molecule has 1 heterocycles. The summed E-state index contributed by atoms with van der Waals surface area (Å²) in [6.07, 6.45) is 9.02. The summed E-state index contributed by atoms with van der Waals surface area (Å²) in [5.74, 6) is 0.237. The van der Waals surface area contributed by atoms with E-state index in [0.29, 0.717) is 23.9 Å². The van der Waals surface area contributed by atoms with E-state index in [1.165, 1.54) is 38.5 Å². The Morgan fingerprint density at radius 3 is 2.50 bits per heavy atom. The number of aromatic nitrogens is 1. The molecule has 1 aliphatic rings. The molecule has 18 heavy (non-hydrogen) atoms. The zero-order valence-electron chi connectivity index (χ0n) is 10.9. The van der Waals surface area contributed by atoms with Crippen LogP contribution in [0.4, 0.5) is 0 Å². The number of rotatable bonds is 4. The van der Waals surface area contributed by atoms with Crippen molar-refractivity contribution in [3.63, 3.8) is 0 Å². The van der Waals surface area contributed by atoms with Gasteiger partial charge in [0.15, 0.2) is 5.89 Å². The molecule has 1 fully saturated rings. The Morgan fingerprint density at radius 1 is 1.33 bits per heavy atom. The van der Waals surface area contributed by atoms with Crippen LogP contribution in [0.25, 0.3) is 0 Å². The van der Waals surface area contributed by atoms with E-state index in [9.17, 15) is 4.79 Å². The lowest BCUT2D eigenvalue weighted by Crippen LogP contribution is -2.03. The van der Waals surface area contributed by atoms with E-state index in [-0.39, 0.29) is 5.76 Å². The van der Waals surface area contributed by atoms with Crippen molar-refractivity contribution >= 4 is 5.97 Å². The summed E-state index contributed by atoms with van der Waals surface area (Å²) >= 11 is 0. The largest absolute Gasteiger partial charge is 0.475 e. The standard InChI is InChI=1S/C14H21NO3/c1-2-11-13(14(16)17)18-12(15-11)9-10-7-5-3-4-6-8-10/h10H,2-9H2,1H3,(H,16,17). The predicted octanol–water partition coefficient (Wildman–Crippen LogP) is 3.45. The van der Waals surface area contributed by atoms with Crippen LogP contribution in [-0.2, 0) is 12.8 Å². The smallest absolute Gasteiger partial charge is 0.373 e. The topological polar surface area (TPSA) is 63.3 Å². The Bertz CT molecular complexity index is 403. The van der Waals surface area contributed by atoms with Crippen molar-refractivity contribution in [1.82, 2.24) is 4.98 Å². The lowest BCUT2D eigenvalue weighted by atomic mass is 9.97. The van der Waals surface area contributed by atoms with Crippen molar-refractivity contribution in [2.75, 3.05) is 0 Å². The van der Waals surface area contributed by atoms with Gasteiger partial charge in [-0.15, -0.1) is 0 Å². The molecule has 0 aromatic carbocycles. The first-order chi connectivity index (χ1) is 8.70. The summed E-state index contributed by atoms with van der Waals surface area (Å²) < 4.78 is 5.40. The number of nitrogens with zero attached hydrogens (tertiary/aromatic N) is 1. The number of carbonyl (C=O) groups is 1. The van der Waals surface area contributed by atoms with Crippen LogP contribution in [-0.4, -0.2) is 16.1 Å². The molecular weight excluding hydrogens is 230 g/mol. The summed E-state index contributed by atoms with van der Waals surface area (Å²) in [6.45, 7) is 1.90. The van der Waals surface area contributed by atoms with Crippen LogP contribution in [0, 0.1) is 5.92 Å². The molecule has 4 nitrogen and oxygen atoms in total. The second kappa shape index (κ2) is 6.03. The van der Waals surface area contributed by atoms with Crippen LogP contribution in [0.1, 0.15) is 67.6 Å². The first-order valence-electron chi connectivity index (χ1n) is 6.92. The van der Waals surface area contributed by atoms with Gasteiger partial charge in [-0.25, -0.2) is 9.78 Å². The molecule has 1 aromatic rings. The molecule has 1 aromatic heterocycles. The van der Waals surface area contributed by atoms with E-state index in [1.807, 2.05) is 6.92 Å². The van der Waals surface area contributed by atoms with Gasteiger partial charge in [0.1, 0.15) is 0 Å². The quantitative estimate of drug-likeness (QED) is 0.832. The summed E-state index contributed by atoms with van der Waals surface area (Å²) in [6, 6.07) is 0. The predicted molar refractivity (Wildman–Crippen MR) is 67.7 cm³/mol. The fraction of sp³-hybridized carbons (Fsp3) is 0.714. The molecule has 4 heteroatoms. The van der Waals surface area contributed by atoms with E-state index >= 15 is 0 Å². The summed E-state index contributed by atoms with van der Waals surface area (Å²) in [4.78, 5) is 15.3. The molecule has 1 saturated carbocycles. The normalized spacial score (nSPS) is 17.6. The first kappa shape index (κ1) is 13.1. The molecule has 0 spiro atoms. The molecule has 2 rings (SSSR count). The molecule has 100 valence electrons. The molecule has 0 unspecified atom stereocenters. The van der Waals surface area contributed by atoms with Gasteiger partial charge in [-0.1, -0.05) is 32.6 Å². The highest BCUT2D eigenvalue weighted by Crippen LogP contribution is 2.26. The second-order valence-corrected chi connectivity index (χ2v) is 5.10. The van der Waals surface area contributed by atoms with Gasteiger partial charge >= 0.3 is 5.97 Å². The van der Waals surface area contributed by atoms with E-state index in [1.54, 1.807) is 0 Å². The van der Waals surface area contributed by atoms with Crippen LogP contribution in [0.15, 0.2) is 4.42 Å². The third kappa shape index (κ3) is 3.12. The monoisotopic (exact) mass is 251 g/mol. The molecule has 0 atom stereocenters. The Labute approximate surface area is 107 Å². The molecule has 0 saturated heterocycles. The zero-order chi connectivity index (χ0) is 13.0. The Hall–Kier alpha value is -1.32. The molecular formula is C14H21NO3. The molecule has 0 amide bonds. The fourth-order valence-electron chi connectivity index (χ4n) is 2.71. The molecule has 0 radical (unpaired) electrons. The lowest BCUT2D eigenvalue weighted by molar-refractivity contribution is 0.0658. The number of hydrogen-bond donors (Lipinski definition) is 1. The SMILES string of the molecule is CCc1nc(CC2CCCCCC2)oc1C(=O)O. The van der Waals surface area contributed by atoms with Gasteiger partial charge in [0, 0.05) is 6.42 Å². The van der Waals surface area contributed by atoms with Crippen molar-refractivity contribution < 1.29 is 14.3 Å².